The van der Waals surface area contributed by atoms with Crippen molar-refractivity contribution < 1.29 is 9.84 Å². The molecule has 0 heterocycles. The molecule has 3 heteroatoms. The smallest absolute Gasteiger partial charge is 0.0718 e. The standard InChI is InChI=1S/C6H15NO2/c1-5(9-3)6(4-8)7-2/h5-8H,4H2,1-3H3. The van der Waals surface area contributed by atoms with Gasteiger partial charge in [0.1, 0.15) is 0 Å². The molecule has 0 aromatic rings. The van der Waals surface area contributed by atoms with Crippen LogP contribution in [0.4, 0.5) is 0 Å². The summed E-state index contributed by atoms with van der Waals surface area (Å²) in [5, 5.41) is 11.6. The van der Waals surface area contributed by atoms with Crippen molar-refractivity contribution in [2.75, 3.05) is 20.8 Å². The second-order valence-corrected chi connectivity index (χ2v) is 2.02. The Balaban J connectivity index is 3.50. The molecular weight excluding hydrogens is 118 g/mol. The topological polar surface area (TPSA) is 41.5 Å². The van der Waals surface area contributed by atoms with Crippen molar-refractivity contribution >= 4 is 0 Å². The highest BCUT2D eigenvalue weighted by Gasteiger charge is 2.11. The van der Waals surface area contributed by atoms with Gasteiger partial charge in [-0.15, -0.1) is 0 Å². The van der Waals surface area contributed by atoms with Gasteiger partial charge < -0.3 is 15.2 Å². The normalized spacial score (nSPS) is 17.3. The summed E-state index contributed by atoms with van der Waals surface area (Å²) in [4.78, 5) is 0. The second kappa shape index (κ2) is 4.73. The largest absolute Gasteiger partial charge is 0.395 e. The van der Waals surface area contributed by atoms with Gasteiger partial charge in [0.15, 0.2) is 0 Å². The average Bonchev–Trinajstić information content (AvgIpc) is 1.90. The van der Waals surface area contributed by atoms with E-state index in [0.29, 0.717) is 0 Å². The molecule has 0 saturated heterocycles. The molecule has 0 aromatic heterocycles. The van der Waals surface area contributed by atoms with Crippen LogP contribution < -0.4 is 5.32 Å². The molecule has 0 rings (SSSR count). The molecule has 0 fully saturated rings. The molecule has 0 aliphatic carbocycles. The van der Waals surface area contributed by atoms with Crippen LogP contribution in [0.5, 0.6) is 0 Å². The number of nitrogens with one attached hydrogen (secondary N) is 1. The minimum atomic E-state index is 0.0509. The third-order valence-corrected chi connectivity index (χ3v) is 1.51. The molecule has 0 amide bonds. The van der Waals surface area contributed by atoms with Crippen LogP contribution in [0.2, 0.25) is 0 Å². The van der Waals surface area contributed by atoms with Crippen LogP contribution in [-0.4, -0.2) is 38.0 Å². The minimum absolute atomic E-state index is 0.0509. The molecule has 56 valence electrons. The predicted molar refractivity (Wildman–Crippen MR) is 36.4 cm³/mol. The molecule has 0 saturated carbocycles. The van der Waals surface area contributed by atoms with E-state index in [1.54, 1.807) is 14.2 Å². The first-order valence-corrected chi connectivity index (χ1v) is 3.07. The van der Waals surface area contributed by atoms with E-state index in [2.05, 4.69) is 5.32 Å². The van der Waals surface area contributed by atoms with E-state index in [4.69, 9.17) is 9.84 Å². The fourth-order valence-electron chi connectivity index (χ4n) is 0.639. The number of hydrogen-bond acceptors (Lipinski definition) is 3. The van der Waals surface area contributed by atoms with Crippen LogP contribution in [-0.2, 0) is 4.74 Å². The van der Waals surface area contributed by atoms with Crippen LogP contribution in [0, 0.1) is 0 Å². The lowest BCUT2D eigenvalue weighted by Crippen LogP contribution is -2.39. The van der Waals surface area contributed by atoms with E-state index >= 15 is 0 Å². The van der Waals surface area contributed by atoms with Crippen molar-refractivity contribution in [3.63, 3.8) is 0 Å². The van der Waals surface area contributed by atoms with Gasteiger partial charge in [-0.25, -0.2) is 0 Å². The monoisotopic (exact) mass is 133 g/mol. The molecule has 2 unspecified atom stereocenters. The third-order valence-electron chi connectivity index (χ3n) is 1.51. The first-order chi connectivity index (χ1) is 4.26. The van der Waals surface area contributed by atoms with E-state index < -0.39 is 0 Å². The zero-order valence-corrected chi connectivity index (χ0v) is 6.22. The predicted octanol–water partition coefficient (Wildman–Crippen LogP) is -0.398. The molecule has 0 aromatic carbocycles. The number of hydrogen-bond donors (Lipinski definition) is 2. The maximum atomic E-state index is 8.69. The molecule has 0 aliphatic heterocycles. The van der Waals surface area contributed by atoms with Gasteiger partial charge in [0.05, 0.1) is 18.8 Å². The Bertz CT molecular complexity index is 64.1. The van der Waals surface area contributed by atoms with Gasteiger partial charge in [-0.3, -0.25) is 0 Å². The Kier molecular flexibility index (Phi) is 4.67. The van der Waals surface area contributed by atoms with Crippen LogP contribution in [0.1, 0.15) is 6.92 Å². The number of likely N-dealkylation sites (N-methyl/N-ethyl adjacent to an activating group) is 1. The van der Waals surface area contributed by atoms with Crippen LogP contribution in [0.3, 0.4) is 0 Å². The number of rotatable bonds is 4. The summed E-state index contributed by atoms with van der Waals surface area (Å²) >= 11 is 0. The van der Waals surface area contributed by atoms with Gasteiger partial charge >= 0.3 is 0 Å². The molecule has 2 N–H and O–H groups in total. The highest BCUT2D eigenvalue weighted by atomic mass is 16.5. The van der Waals surface area contributed by atoms with Crippen LogP contribution in [0.15, 0.2) is 0 Å². The summed E-state index contributed by atoms with van der Waals surface area (Å²) in [5.74, 6) is 0. The lowest BCUT2D eigenvalue weighted by atomic mass is 10.2. The Labute approximate surface area is 56.0 Å². The van der Waals surface area contributed by atoms with Gasteiger partial charge in [0.2, 0.25) is 0 Å². The zero-order valence-electron chi connectivity index (χ0n) is 6.22. The number of aliphatic hydroxyl groups is 1. The molecular formula is C6H15NO2. The van der Waals surface area contributed by atoms with Crippen LogP contribution >= 0.6 is 0 Å². The van der Waals surface area contributed by atoms with E-state index in [-0.39, 0.29) is 18.8 Å². The SMILES string of the molecule is CNC(CO)C(C)OC. The molecule has 0 bridgehead atoms. The number of methoxy groups -OCH3 is 1. The zero-order chi connectivity index (χ0) is 7.28. The summed E-state index contributed by atoms with van der Waals surface area (Å²) in [6, 6.07) is 0.0509. The summed E-state index contributed by atoms with van der Waals surface area (Å²) in [6.45, 7) is 2.03. The summed E-state index contributed by atoms with van der Waals surface area (Å²) in [7, 11) is 3.43. The van der Waals surface area contributed by atoms with Crippen LogP contribution in [0.25, 0.3) is 0 Å². The van der Waals surface area contributed by atoms with Crippen molar-refractivity contribution in [2.24, 2.45) is 0 Å². The quantitative estimate of drug-likeness (QED) is 0.548. The molecule has 2 atom stereocenters. The van der Waals surface area contributed by atoms with E-state index in [1.807, 2.05) is 6.92 Å². The first-order valence-electron chi connectivity index (χ1n) is 3.07. The summed E-state index contributed by atoms with van der Waals surface area (Å²) in [5.41, 5.74) is 0. The number of ether oxygens (including phenoxy) is 1. The number of aliphatic hydroxyl groups excluding tert-OH is 1. The van der Waals surface area contributed by atoms with E-state index in [0.717, 1.165) is 0 Å². The van der Waals surface area contributed by atoms with Gasteiger partial charge in [-0.2, -0.15) is 0 Å². The Morgan fingerprint density at radius 2 is 2.22 bits per heavy atom. The van der Waals surface area contributed by atoms with Crippen molar-refractivity contribution in [2.45, 2.75) is 19.1 Å². The lowest BCUT2D eigenvalue weighted by molar-refractivity contribution is 0.0617. The third kappa shape index (κ3) is 2.79. The molecule has 9 heavy (non-hydrogen) atoms. The molecule has 0 spiro atoms. The van der Waals surface area contributed by atoms with Crippen molar-refractivity contribution in [1.82, 2.24) is 5.32 Å². The maximum Gasteiger partial charge on any atom is 0.0718 e. The Morgan fingerprint density at radius 1 is 1.67 bits per heavy atom. The highest BCUT2D eigenvalue weighted by molar-refractivity contribution is 4.69. The lowest BCUT2D eigenvalue weighted by Gasteiger charge is -2.19. The maximum absolute atomic E-state index is 8.69. The fraction of sp³-hybridized carbons (Fsp3) is 1.00. The van der Waals surface area contributed by atoms with Crippen molar-refractivity contribution in [1.29, 1.82) is 0 Å². The highest BCUT2D eigenvalue weighted by Crippen LogP contribution is 1.94. The van der Waals surface area contributed by atoms with Gasteiger partial charge in [-0.05, 0) is 14.0 Å². The average molecular weight is 133 g/mol. The second-order valence-electron chi connectivity index (χ2n) is 2.02. The first kappa shape index (κ1) is 8.88. The van der Waals surface area contributed by atoms with Gasteiger partial charge in [-0.1, -0.05) is 0 Å². The van der Waals surface area contributed by atoms with Gasteiger partial charge in [0.25, 0.3) is 0 Å². The van der Waals surface area contributed by atoms with E-state index in [1.165, 1.54) is 0 Å². The van der Waals surface area contributed by atoms with E-state index in [9.17, 15) is 0 Å². The minimum Gasteiger partial charge on any atom is -0.395 e. The fourth-order valence-corrected chi connectivity index (χ4v) is 0.639. The summed E-state index contributed by atoms with van der Waals surface area (Å²) < 4.78 is 4.97. The Hall–Kier alpha value is -0.120. The van der Waals surface area contributed by atoms with Crippen molar-refractivity contribution in [3.8, 4) is 0 Å². The molecule has 3 nitrogen and oxygen atoms in total. The summed E-state index contributed by atoms with van der Waals surface area (Å²) in [6.07, 6.45) is 0.0694. The van der Waals surface area contributed by atoms with Crippen molar-refractivity contribution in [3.05, 3.63) is 0 Å². The van der Waals surface area contributed by atoms with Gasteiger partial charge in [0, 0.05) is 7.11 Å². The Morgan fingerprint density at radius 3 is 2.33 bits per heavy atom. The molecule has 0 radical (unpaired) electrons. The molecule has 0 aliphatic rings.